The van der Waals surface area contributed by atoms with Crippen molar-refractivity contribution in [3.63, 3.8) is 0 Å². The molecule has 30 heavy (non-hydrogen) atoms. The van der Waals surface area contributed by atoms with Gasteiger partial charge in [-0.1, -0.05) is 84.4 Å². The molecule has 0 spiro atoms. The van der Waals surface area contributed by atoms with Crippen molar-refractivity contribution in [3.8, 4) is 0 Å². The molecule has 4 heteroatoms. The minimum atomic E-state index is -0.210. The Morgan fingerprint density at radius 1 is 0.833 bits per heavy atom. The Kier molecular flexibility index (Phi) is 18.4. The third-order valence-corrected chi connectivity index (χ3v) is 5.66. The highest BCUT2D eigenvalue weighted by Gasteiger charge is 2.13. The van der Waals surface area contributed by atoms with E-state index in [0.717, 1.165) is 25.7 Å². The molecule has 0 bridgehead atoms. The Balaban J connectivity index is 4.15. The fraction of sp³-hybridized carbons (Fsp3) is 0.769. The highest BCUT2D eigenvalue weighted by Crippen LogP contribution is 2.16. The number of hydrogen-bond donors (Lipinski definition) is 0. The van der Waals surface area contributed by atoms with Gasteiger partial charge < -0.3 is 9.47 Å². The molecule has 0 aromatic heterocycles. The molecule has 0 N–H and O–H groups in total. The third kappa shape index (κ3) is 14.4. The first-order valence-corrected chi connectivity index (χ1v) is 12.1. The summed E-state index contributed by atoms with van der Waals surface area (Å²) in [5, 5.41) is 0. The maximum absolute atomic E-state index is 12.3. The van der Waals surface area contributed by atoms with Crippen LogP contribution in [0.1, 0.15) is 105 Å². The van der Waals surface area contributed by atoms with Crippen molar-refractivity contribution in [2.75, 3.05) is 13.2 Å². The molecule has 0 aliphatic heterocycles. The molecule has 4 nitrogen and oxygen atoms in total. The predicted octanol–water partition coefficient (Wildman–Crippen LogP) is 7.18. The van der Waals surface area contributed by atoms with Gasteiger partial charge in [-0.3, -0.25) is 4.79 Å². The molecule has 0 radical (unpaired) electrons. The summed E-state index contributed by atoms with van der Waals surface area (Å²) in [5.74, 6) is 0.533. The summed E-state index contributed by atoms with van der Waals surface area (Å²) in [6, 6.07) is 0. The van der Waals surface area contributed by atoms with Gasteiger partial charge >= 0.3 is 11.9 Å². The smallest absolute Gasteiger partial charge is 0.333 e. The summed E-state index contributed by atoms with van der Waals surface area (Å²) in [7, 11) is 0. The van der Waals surface area contributed by atoms with Crippen molar-refractivity contribution >= 4 is 11.9 Å². The Labute approximate surface area is 185 Å². The van der Waals surface area contributed by atoms with Crippen LogP contribution in [0.5, 0.6) is 0 Å². The number of esters is 2. The van der Waals surface area contributed by atoms with Gasteiger partial charge in [0.2, 0.25) is 0 Å². The number of hydrogen-bond acceptors (Lipinski definition) is 4. The van der Waals surface area contributed by atoms with Gasteiger partial charge in [0.05, 0.1) is 19.6 Å². The van der Waals surface area contributed by atoms with Crippen LogP contribution < -0.4 is 0 Å². The molecule has 0 fully saturated rings. The molecule has 0 amide bonds. The van der Waals surface area contributed by atoms with E-state index in [1.54, 1.807) is 0 Å². The summed E-state index contributed by atoms with van der Waals surface area (Å²) in [4.78, 5) is 24.2. The molecule has 0 rings (SSSR count). The van der Waals surface area contributed by atoms with E-state index in [1.165, 1.54) is 25.7 Å². The lowest BCUT2D eigenvalue weighted by Crippen LogP contribution is -2.15. The summed E-state index contributed by atoms with van der Waals surface area (Å²) >= 11 is 0. The number of carbonyl (C=O) groups is 2. The average molecular weight is 423 g/mol. The molecule has 0 aromatic rings. The SMILES string of the molecule is C/C=C(\CC/C=C/CC(=O)OCC(CC)CCCC)C(=O)OCC(CC)CCCC. The maximum Gasteiger partial charge on any atom is 0.333 e. The number of unbranched alkanes of at least 4 members (excludes halogenated alkanes) is 2. The van der Waals surface area contributed by atoms with Crippen molar-refractivity contribution in [1.82, 2.24) is 0 Å². The van der Waals surface area contributed by atoms with Crippen molar-refractivity contribution in [3.05, 3.63) is 23.8 Å². The molecular weight excluding hydrogens is 376 g/mol. The monoisotopic (exact) mass is 422 g/mol. The van der Waals surface area contributed by atoms with Gasteiger partial charge in [-0.25, -0.2) is 4.79 Å². The van der Waals surface area contributed by atoms with Crippen LogP contribution in [0.25, 0.3) is 0 Å². The van der Waals surface area contributed by atoms with E-state index < -0.39 is 0 Å². The van der Waals surface area contributed by atoms with Crippen molar-refractivity contribution in [2.24, 2.45) is 11.8 Å². The highest BCUT2D eigenvalue weighted by molar-refractivity contribution is 5.88. The first kappa shape index (κ1) is 28.4. The van der Waals surface area contributed by atoms with Crippen LogP contribution >= 0.6 is 0 Å². The quantitative estimate of drug-likeness (QED) is 0.133. The molecule has 2 atom stereocenters. The Hall–Kier alpha value is -1.58. The molecule has 0 aromatic carbocycles. The van der Waals surface area contributed by atoms with E-state index in [4.69, 9.17) is 9.47 Å². The zero-order chi connectivity index (χ0) is 22.6. The first-order chi connectivity index (χ1) is 14.5. The maximum atomic E-state index is 12.3. The fourth-order valence-electron chi connectivity index (χ4n) is 3.25. The summed E-state index contributed by atoms with van der Waals surface area (Å²) in [6.07, 6.45) is 16.3. The van der Waals surface area contributed by atoms with Crippen molar-refractivity contribution < 1.29 is 19.1 Å². The lowest BCUT2D eigenvalue weighted by Gasteiger charge is -2.15. The molecule has 0 aliphatic rings. The summed E-state index contributed by atoms with van der Waals surface area (Å²) in [6.45, 7) is 11.5. The lowest BCUT2D eigenvalue weighted by molar-refractivity contribution is -0.144. The lowest BCUT2D eigenvalue weighted by atomic mass is 10.0. The van der Waals surface area contributed by atoms with Gasteiger partial charge in [-0.15, -0.1) is 0 Å². The topological polar surface area (TPSA) is 52.6 Å². The molecule has 0 heterocycles. The molecule has 2 unspecified atom stereocenters. The largest absolute Gasteiger partial charge is 0.465 e. The number of rotatable bonds is 18. The van der Waals surface area contributed by atoms with Gasteiger partial charge in [0.25, 0.3) is 0 Å². The molecule has 0 saturated heterocycles. The Morgan fingerprint density at radius 2 is 1.40 bits per heavy atom. The van der Waals surface area contributed by atoms with Crippen LogP contribution in [0.3, 0.4) is 0 Å². The van der Waals surface area contributed by atoms with Crippen molar-refractivity contribution in [2.45, 2.75) is 105 Å². The Bertz CT molecular complexity index is 507. The summed E-state index contributed by atoms with van der Waals surface area (Å²) < 4.78 is 10.9. The molecule has 0 aliphatic carbocycles. The van der Waals surface area contributed by atoms with Gasteiger partial charge in [0.1, 0.15) is 0 Å². The normalized spacial score (nSPS) is 14.0. The molecular formula is C26H46O4. The van der Waals surface area contributed by atoms with E-state index in [0.29, 0.717) is 43.5 Å². The van der Waals surface area contributed by atoms with E-state index in [1.807, 2.05) is 25.2 Å². The van der Waals surface area contributed by atoms with Gasteiger partial charge in [-0.05, 0) is 44.4 Å². The second kappa shape index (κ2) is 19.4. The van der Waals surface area contributed by atoms with Gasteiger partial charge in [-0.2, -0.15) is 0 Å². The number of allylic oxidation sites excluding steroid dienone is 2. The first-order valence-electron chi connectivity index (χ1n) is 12.1. The van der Waals surface area contributed by atoms with E-state index in [2.05, 4.69) is 27.7 Å². The number of ether oxygens (including phenoxy) is 2. The van der Waals surface area contributed by atoms with Crippen LogP contribution in [-0.2, 0) is 19.1 Å². The number of carbonyl (C=O) groups excluding carboxylic acids is 2. The predicted molar refractivity (Wildman–Crippen MR) is 125 cm³/mol. The van der Waals surface area contributed by atoms with Crippen LogP contribution in [0.2, 0.25) is 0 Å². The van der Waals surface area contributed by atoms with E-state index in [-0.39, 0.29) is 18.4 Å². The zero-order valence-corrected chi connectivity index (χ0v) is 20.2. The summed E-state index contributed by atoms with van der Waals surface area (Å²) in [5.41, 5.74) is 0.703. The minimum absolute atomic E-state index is 0.176. The molecule has 174 valence electrons. The second-order valence-corrected chi connectivity index (χ2v) is 8.14. The fourth-order valence-corrected chi connectivity index (χ4v) is 3.25. The van der Waals surface area contributed by atoms with Crippen molar-refractivity contribution in [1.29, 1.82) is 0 Å². The molecule has 0 saturated carbocycles. The van der Waals surface area contributed by atoms with E-state index in [9.17, 15) is 9.59 Å². The van der Waals surface area contributed by atoms with Crippen LogP contribution in [0.15, 0.2) is 23.8 Å². The van der Waals surface area contributed by atoms with Gasteiger partial charge in [0.15, 0.2) is 0 Å². The zero-order valence-electron chi connectivity index (χ0n) is 20.2. The standard InChI is InChI=1S/C26H46O4/c1-6-11-16-22(8-3)20-29-25(27)19-15-13-14-18-24(10-5)26(28)30-21-23(9-4)17-12-7-2/h10,13,15,22-23H,6-9,11-12,14,16-21H2,1-5H3/b15-13+,24-10+. The highest BCUT2D eigenvalue weighted by atomic mass is 16.5. The third-order valence-electron chi connectivity index (χ3n) is 5.66. The Morgan fingerprint density at radius 3 is 1.90 bits per heavy atom. The van der Waals surface area contributed by atoms with Gasteiger partial charge in [0, 0.05) is 5.57 Å². The van der Waals surface area contributed by atoms with Crippen LogP contribution in [0, 0.1) is 11.8 Å². The van der Waals surface area contributed by atoms with E-state index >= 15 is 0 Å². The second-order valence-electron chi connectivity index (χ2n) is 8.14. The average Bonchev–Trinajstić information content (AvgIpc) is 2.76. The minimum Gasteiger partial charge on any atom is -0.465 e. The van der Waals surface area contributed by atoms with Crippen LogP contribution in [-0.4, -0.2) is 25.2 Å². The van der Waals surface area contributed by atoms with Crippen LogP contribution in [0.4, 0.5) is 0 Å².